The van der Waals surface area contributed by atoms with E-state index in [4.69, 9.17) is 28.3 Å². The van der Waals surface area contributed by atoms with Gasteiger partial charge in [0.25, 0.3) is 0 Å². The summed E-state index contributed by atoms with van der Waals surface area (Å²) in [6.45, 7) is 1.80. The predicted molar refractivity (Wildman–Crippen MR) is 79.0 cm³/mol. The number of aliphatic hydroxyl groups excluding tert-OH is 1. The van der Waals surface area contributed by atoms with Crippen molar-refractivity contribution in [1.82, 2.24) is 5.32 Å². The summed E-state index contributed by atoms with van der Waals surface area (Å²) < 4.78 is 0. The summed E-state index contributed by atoms with van der Waals surface area (Å²) >= 11 is 11.7. The van der Waals surface area contributed by atoms with Crippen molar-refractivity contribution in [3.05, 3.63) is 28.2 Å². The van der Waals surface area contributed by atoms with Gasteiger partial charge in [-0.2, -0.15) is 0 Å². The molecule has 0 fully saturated rings. The second-order valence-electron chi connectivity index (χ2n) is 4.30. The molecular formula is C13H16Cl2N2O3. The van der Waals surface area contributed by atoms with Gasteiger partial charge in [-0.1, -0.05) is 29.3 Å². The van der Waals surface area contributed by atoms with E-state index in [-0.39, 0.29) is 23.4 Å². The standard InChI is InChI=1S/C13H16Cl2N2O3/c1-8(4-3-7-18)16-12(19)13(20)17-10-6-2-5-9(14)11(10)15/h2,5-6,8,18H,3-4,7H2,1H3,(H,16,19)(H,17,20). The molecule has 110 valence electrons. The van der Waals surface area contributed by atoms with Crippen molar-refractivity contribution in [1.29, 1.82) is 0 Å². The first-order chi connectivity index (χ1) is 9.45. The Morgan fingerprint density at radius 1 is 1.30 bits per heavy atom. The maximum atomic E-state index is 11.7. The Labute approximate surface area is 127 Å². The zero-order chi connectivity index (χ0) is 15.1. The quantitative estimate of drug-likeness (QED) is 0.728. The first-order valence-corrected chi connectivity index (χ1v) is 6.88. The van der Waals surface area contributed by atoms with E-state index in [1.54, 1.807) is 25.1 Å². The van der Waals surface area contributed by atoms with Crippen molar-refractivity contribution < 1.29 is 14.7 Å². The van der Waals surface area contributed by atoms with Gasteiger partial charge in [0.1, 0.15) is 0 Å². The fraction of sp³-hybridized carbons (Fsp3) is 0.385. The topological polar surface area (TPSA) is 78.4 Å². The highest BCUT2D eigenvalue weighted by Crippen LogP contribution is 2.29. The van der Waals surface area contributed by atoms with Gasteiger partial charge < -0.3 is 15.7 Å². The number of carbonyl (C=O) groups is 2. The van der Waals surface area contributed by atoms with Gasteiger partial charge in [-0.3, -0.25) is 9.59 Å². The molecule has 0 aromatic heterocycles. The van der Waals surface area contributed by atoms with E-state index in [0.717, 1.165) is 0 Å². The summed E-state index contributed by atoms with van der Waals surface area (Å²) in [6.07, 6.45) is 1.15. The van der Waals surface area contributed by atoms with Crippen LogP contribution in [0.2, 0.25) is 10.0 Å². The maximum absolute atomic E-state index is 11.7. The van der Waals surface area contributed by atoms with Crippen LogP contribution >= 0.6 is 23.2 Å². The van der Waals surface area contributed by atoms with E-state index >= 15 is 0 Å². The van der Waals surface area contributed by atoms with Crippen LogP contribution in [0.15, 0.2) is 18.2 Å². The van der Waals surface area contributed by atoms with Crippen molar-refractivity contribution in [2.75, 3.05) is 11.9 Å². The smallest absolute Gasteiger partial charge is 0.313 e. The number of aliphatic hydroxyl groups is 1. The number of amides is 2. The van der Waals surface area contributed by atoms with Gasteiger partial charge in [-0.15, -0.1) is 0 Å². The van der Waals surface area contributed by atoms with Gasteiger partial charge >= 0.3 is 11.8 Å². The van der Waals surface area contributed by atoms with Gasteiger partial charge in [0.05, 0.1) is 15.7 Å². The lowest BCUT2D eigenvalue weighted by atomic mass is 10.2. The Balaban J connectivity index is 2.58. The number of benzene rings is 1. The van der Waals surface area contributed by atoms with E-state index in [1.807, 2.05) is 0 Å². The molecule has 0 saturated heterocycles. The first kappa shape index (κ1) is 16.8. The Kier molecular flexibility index (Phi) is 6.78. The average Bonchev–Trinajstić information content (AvgIpc) is 2.41. The lowest BCUT2D eigenvalue weighted by molar-refractivity contribution is -0.136. The highest BCUT2D eigenvalue weighted by atomic mass is 35.5. The maximum Gasteiger partial charge on any atom is 0.313 e. The number of hydrogen-bond donors (Lipinski definition) is 3. The largest absolute Gasteiger partial charge is 0.396 e. The lowest BCUT2D eigenvalue weighted by Gasteiger charge is -2.13. The third kappa shape index (κ3) is 5.00. The highest BCUT2D eigenvalue weighted by Gasteiger charge is 2.17. The molecule has 0 heterocycles. The molecule has 0 bridgehead atoms. The second-order valence-corrected chi connectivity index (χ2v) is 5.08. The molecule has 0 radical (unpaired) electrons. The second kappa shape index (κ2) is 8.09. The summed E-state index contributed by atoms with van der Waals surface area (Å²) in [4.78, 5) is 23.4. The zero-order valence-corrected chi connectivity index (χ0v) is 12.5. The zero-order valence-electron chi connectivity index (χ0n) is 11.0. The summed E-state index contributed by atoms with van der Waals surface area (Å²) in [6, 6.07) is 4.55. The molecule has 1 rings (SSSR count). The number of anilines is 1. The molecule has 3 N–H and O–H groups in total. The summed E-state index contributed by atoms with van der Waals surface area (Å²) in [5.74, 6) is -1.57. The van der Waals surface area contributed by atoms with Crippen LogP contribution in [0.25, 0.3) is 0 Å². The summed E-state index contributed by atoms with van der Waals surface area (Å²) in [5, 5.41) is 14.1. The van der Waals surface area contributed by atoms with E-state index in [0.29, 0.717) is 17.9 Å². The number of halogens is 2. The molecule has 5 nitrogen and oxygen atoms in total. The Morgan fingerprint density at radius 3 is 2.65 bits per heavy atom. The fourth-order valence-corrected chi connectivity index (χ4v) is 1.89. The van der Waals surface area contributed by atoms with Crippen LogP contribution in [0.3, 0.4) is 0 Å². The lowest BCUT2D eigenvalue weighted by Crippen LogP contribution is -2.40. The third-order valence-electron chi connectivity index (χ3n) is 2.58. The first-order valence-electron chi connectivity index (χ1n) is 6.12. The highest BCUT2D eigenvalue weighted by molar-refractivity contribution is 6.45. The summed E-state index contributed by atoms with van der Waals surface area (Å²) in [5.41, 5.74) is 0.280. The van der Waals surface area contributed by atoms with Crippen LogP contribution in [-0.2, 0) is 9.59 Å². The van der Waals surface area contributed by atoms with E-state index < -0.39 is 11.8 Å². The minimum atomic E-state index is -0.815. The number of rotatable bonds is 5. The molecule has 0 saturated carbocycles. The summed E-state index contributed by atoms with van der Waals surface area (Å²) in [7, 11) is 0. The van der Waals surface area contributed by atoms with Gasteiger partial charge in [0.15, 0.2) is 0 Å². The van der Waals surface area contributed by atoms with Crippen molar-refractivity contribution >= 4 is 40.7 Å². The van der Waals surface area contributed by atoms with Crippen LogP contribution in [0.4, 0.5) is 5.69 Å². The molecule has 7 heteroatoms. The average molecular weight is 319 g/mol. The molecule has 0 spiro atoms. The van der Waals surface area contributed by atoms with Crippen LogP contribution in [0, 0.1) is 0 Å². The van der Waals surface area contributed by atoms with E-state index in [9.17, 15) is 9.59 Å². The van der Waals surface area contributed by atoms with Gasteiger partial charge in [-0.25, -0.2) is 0 Å². The minimum Gasteiger partial charge on any atom is -0.396 e. The Morgan fingerprint density at radius 2 is 2.00 bits per heavy atom. The van der Waals surface area contributed by atoms with Crippen molar-refractivity contribution in [3.63, 3.8) is 0 Å². The molecule has 1 atom stereocenters. The number of nitrogens with one attached hydrogen (secondary N) is 2. The van der Waals surface area contributed by atoms with Gasteiger partial charge in [-0.05, 0) is 31.9 Å². The van der Waals surface area contributed by atoms with Crippen molar-refractivity contribution in [2.24, 2.45) is 0 Å². The number of carbonyl (C=O) groups excluding carboxylic acids is 2. The van der Waals surface area contributed by atoms with Gasteiger partial charge in [0, 0.05) is 12.6 Å². The molecule has 1 unspecified atom stereocenters. The van der Waals surface area contributed by atoms with Crippen molar-refractivity contribution in [3.8, 4) is 0 Å². The van der Waals surface area contributed by atoms with Crippen molar-refractivity contribution in [2.45, 2.75) is 25.8 Å². The molecule has 1 aromatic rings. The fourth-order valence-electron chi connectivity index (χ4n) is 1.54. The number of hydrogen-bond acceptors (Lipinski definition) is 3. The molecule has 1 aromatic carbocycles. The predicted octanol–water partition coefficient (Wildman–Crippen LogP) is 2.21. The van der Waals surface area contributed by atoms with Crippen LogP contribution in [-0.4, -0.2) is 29.6 Å². The van der Waals surface area contributed by atoms with E-state index in [1.165, 1.54) is 0 Å². The SMILES string of the molecule is CC(CCCO)NC(=O)C(=O)Nc1cccc(Cl)c1Cl. The minimum absolute atomic E-state index is 0.0462. The normalized spacial score (nSPS) is 11.8. The molecule has 2 amide bonds. The van der Waals surface area contributed by atoms with Gasteiger partial charge in [0.2, 0.25) is 0 Å². The van der Waals surface area contributed by atoms with Crippen LogP contribution in [0.1, 0.15) is 19.8 Å². The third-order valence-corrected chi connectivity index (χ3v) is 3.40. The molecule has 0 aliphatic carbocycles. The van der Waals surface area contributed by atoms with Crippen LogP contribution in [0.5, 0.6) is 0 Å². The molecular weight excluding hydrogens is 303 g/mol. The molecule has 0 aliphatic rings. The molecule has 20 heavy (non-hydrogen) atoms. The Bertz CT molecular complexity index is 495. The monoisotopic (exact) mass is 318 g/mol. The Hall–Kier alpha value is -1.30. The van der Waals surface area contributed by atoms with E-state index in [2.05, 4.69) is 10.6 Å². The van der Waals surface area contributed by atoms with Crippen LogP contribution < -0.4 is 10.6 Å². The molecule has 0 aliphatic heterocycles.